The molecule has 6 heteroatoms. The third-order valence-corrected chi connectivity index (χ3v) is 3.47. The van der Waals surface area contributed by atoms with Crippen LogP contribution in [0.4, 0.5) is 13.2 Å². The molecule has 3 nitrogen and oxygen atoms in total. The van der Waals surface area contributed by atoms with Crippen LogP contribution in [0.15, 0.2) is 30.5 Å². The molecule has 1 heterocycles. The van der Waals surface area contributed by atoms with Crippen molar-refractivity contribution in [1.82, 2.24) is 4.98 Å². The number of carbonyl (C=O) groups excluding carboxylic acids is 1. The number of carbonyl (C=O) groups is 1. The lowest BCUT2D eigenvalue weighted by Gasteiger charge is -2.40. The van der Waals surface area contributed by atoms with Crippen LogP contribution in [-0.4, -0.2) is 11.0 Å². The summed E-state index contributed by atoms with van der Waals surface area (Å²) in [6.07, 6.45) is -1.54. The van der Waals surface area contributed by atoms with E-state index >= 15 is 0 Å². The molecule has 0 N–H and O–H groups in total. The van der Waals surface area contributed by atoms with Gasteiger partial charge in [-0.05, 0) is 38.3 Å². The second kappa shape index (κ2) is 5.50. The smallest absolute Gasteiger partial charge is 0.417 e. The van der Waals surface area contributed by atoms with E-state index in [0.717, 1.165) is 18.7 Å². The standard InChI is InChI=1S/C15H16F3NO2/c1-10(2)8-13(20)21-14(6-3-7-14)12-5-4-11(9-19-12)15(16,17)18/h4-5,9H,1,3,6-8H2,2H3. The summed E-state index contributed by atoms with van der Waals surface area (Å²) in [5.41, 5.74) is -0.642. The number of halogens is 3. The summed E-state index contributed by atoms with van der Waals surface area (Å²) in [6.45, 7) is 5.35. The van der Waals surface area contributed by atoms with Crippen LogP contribution in [-0.2, 0) is 21.3 Å². The molecule has 1 saturated carbocycles. The van der Waals surface area contributed by atoms with Crippen LogP contribution >= 0.6 is 0 Å². The Kier molecular flexibility index (Phi) is 4.07. The Hall–Kier alpha value is -1.85. The average Bonchev–Trinajstić information content (AvgIpc) is 2.32. The molecular weight excluding hydrogens is 283 g/mol. The van der Waals surface area contributed by atoms with E-state index in [-0.39, 0.29) is 6.42 Å². The molecule has 0 saturated heterocycles. The van der Waals surface area contributed by atoms with Gasteiger partial charge in [-0.25, -0.2) is 0 Å². The van der Waals surface area contributed by atoms with Crippen LogP contribution in [0.3, 0.4) is 0 Å². The number of ether oxygens (including phenoxy) is 1. The molecule has 1 aromatic rings. The quantitative estimate of drug-likeness (QED) is 0.623. The number of aromatic nitrogens is 1. The minimum absolute atomic E-state index is 0.0996. The number of pyridine rings is 1. The van der Waals surface area contributed by atoms with E-state index in [1.54, 1.807) is 6.92 Å². The van der Waals surface area contributed by atoms with Crippen LogP contribution < -0.4 is 0 Å². The van der Waals surface area contributed by atoms with Gasteiger partial charge in [-0.15, -0.1) is 0 Å². The summed E-state index contributed by atoms with van der Waals surface area (Å²) in [5.74, 6) is -0.427. The summed E-state index contributed by atoms with van der Waals surface area (Å²) in [4.78, 5) is 15.6. The van der Waals surface area contributed by atoms with E-state index in [9.17, 15) is 18.0 Å². The van der Waals surface area contributed by atoms with E-state index in [0.29, 0.717) is 24.1 Å². The summed E-state index contributed by atoms with van der Waals surface area (Å²) >= 11 is 0. The second-order valence-electron chi connectivity index (χ2n) is 5.39. The molecule has 0 aliphatic heterocycles. The average molecular weight is 299 g/mol. The molecule has 1 fully saturated rings. The minimum Gasteiger partial charge on any atom is -0.452 e. The topological polar surface area (TPSA) is 39.2 Å². The van der Waals surface area contributed by atoms with Gasteiger partial charge in [0.05, 0.1) is 17.7 Å². The lowest BCUT2D eigenvalue weighted by Crippen LogP contribution is -2.40. The molecule has 0 amide bonds. The lowest BCUT2D eigenvalue weighted by atomic mass is 9.77. The first-order valence-electron chi connectivity index (χ1n) is 6.63. The number of nitrogens with zero attached hydrogens (tertiary/aromatic N) is 1. The molecule has 0 spiro atoms. The maximum atomic E-state index is 12.5. The SMILES string of the molecule is C=C(C)CC(=O)OC1(c2ccc(C(F)(F)F)cn2)CCC1. The Morgan fingerprint density at radius 2 is 2.10 bits per heavy atom. The van der Waals surface area contributed by atoms with Gasteiger partial charge in [0.15, 0.2) is 5.60 Å². The van der Waals surface area contributed by atoms with Crippen molar-refractivity contribution in [2.24, 2.45) is 0 Å². The highest BCUT2D eigenvalue weighted by atomic mass is 19.4. The predicted molar refractivity (Wildman–Crippen MR) is 70.3 cm³/mol. The first-order chi connectivity index (χ1) is 9.73. The fourth-order valence-corrected chi connectivity index (χ4v) is 2.24. The summed E-state index contributed by atoms with van der Waals surface area (Å²) in [6, 6.07) is 2.25. The molecular formula is C15H16F3NO2. The number of hydrogen-bond acceptors (Lipinski definition) is 3. The Labute approximate surface area is 120 Å². The van der Waals surface area contributed by atoms with E-state index < -0.39 is 23.3 Å². The van der Waals surface area contributed by atoms with Gasteiger partial charge in [-0.1, -0.05) is 12.2 Å². The minimum atomic E-state index is -4.42. The fraction of sp³-hybridized carbons (Fsp3) is 0.467. The van der Waals surface area contributed by atoms with E-state index in [4.69, 9.17) is 4.74 Å². The van der Waals surface area contributed by atoms with Crippen LogP contribution in [0.5, 0.6) is 0 Å². The van der Waals surface area contributed by atoms with Crippen LogP contribution in [0, 0.1) is 0 Å². The molecule has 21 heavy (non-hydrogen) atoms. The summed E-state index contributed by atoms with van der Waals surface area (Å²) in [5, 5.41) is 0. The van der Waals surface area contributed by atoms with Gasteiger partial charge in [-0.2, -0.15) is 13.2 Å². The van der Waals surface area contributed by atoms with Crippen molar-refractivity contribution in [2.75, 3.05) is 0 Å². The van der Waals surface area contributed by atoms with E-state index in [1.165, 1.54) is 6.07 Å². The molecule has 0 unspecified atom stereocenters. The van der Waals surface area contributed by atoms with Crippen molar-refractivity contribution in [3.63, 3.8) is 0 Å². The fourth-order valence-electron chi connectivity index (χ4n) is 2.24. The Balaban J connectivity index is 2.17. The highest BCUT2D eigenvalue weighted by Gasteiger charge is 2.44. The largest absolute Gasteiger partial charge is 0.452 e. The number of alkyl halides is 3. The van der Waals surface area contributed by atoms with E-state index in [1.807, 2.05) is 0 Å². The highest BCUT2D eigenvalue weighted by Crippen LogP contribution is 2.44. The molecule has 114 valence electrons. The molecule has 1 aliphatic rings. The Morgan fingerprint density at radius 1 is 1.43 bits per heavy atom. The van der Waals surface area contributed by atoms with E-state index in [2.05, 4.69) is 11.6 Å². The van der Waals surface area contributed by atoms with Crippen molar-refractivity contribution >= 4 is 5.97 Å². The normalized spacial score (nSPS) is 17.0. The molecule has 0 atom stereocenters. The van der Waals surface area contributed by atoms with Crippen molar-refractivity contribution < 1.29 is 22.7 Å². The molecule has 1 aliphatic carbocycles. The zero-order valence-corrected chi connectivity index (χ0v) is 11.7. The van der Waals surface area contributed by atoms with Gasteiger partial charge in [0.2, 0.25) is 0 Å². The van der Waals surface area contributed by atoms with Crippen molar-refractivity contribution in [1.29, 1.82) is 0 Å². The molecule has 1 aromatic heterocycles. The van der Waals surface area contributed by atoms with Gasteiger partial charge in [0.1, 0.15) is 0 Å². The van der Waals surface area contributed by atoms with Gasteiger partial charge in [0, 0.05) is 6.20 Å². The van der Waals surface area contributed by atoms with Crippen LogP contribution in [0.1, 0.15) is 43.9 Å². The molecule has 0 aromatic carbocycles. The highest BCUT2D eigenvalue weighted by molar-refractivity contribution is 5.72. The maximum Gasteiger partial charge on any atom is 0.417 e. The molecule has 2 rings (SSSR count). The predicted octanol–water partition coefficient (Wildman–Crippen LogP) is 3.99. The van der Waals surface area contributed by atoms with Crippen LogP contribution in [0.25, 0.3) is 0 Å². The number of hydrogen-bond donors (Lipinski definition) is 0. The first kappa shape index (κ1) is 15.5. The summed E-state index contributed by atoms with van der Waals surface area (Å²) in [7, 11) is 0. The zero-order chi connectivity index (χ0) is 15.7. The van der Waals surface area contributed by atoms with Crippen molar-refractivity contribution in [3.05, 3.63) is 41.7 Å². The van der Waals surface area contributed by atoms with Gasteiger partial charge >= 0.3 is 12.1 Å². The molecule has 0 bridgehead atoms. The van der Waals surface area contributed by atoms with Crippen LogP contribution in [0.2, 0.25) is 0 Å². The first-order valence-corrected chi connectivity index (χ1v) is 6.63. The third kappa shape index (κ3) is 3.43. The maximum absolute atomic E-state index is 12.5. The molecule has 0 radical (unpaired) electrons. The third-order valence-electron chi connectivity index (χ3n) is 3.47. The van der Waals surface area contributed by atoms with Crippen molar-refractivity contribution in [3.8, 4) is 0 Å². The monoisotopic (exact) mass is 299 g/mol. The Morgan fingerprint density at radius 3 is 2.48 bits per heavy atom. The zero-order valence-electron chi connectivity index (χ0n) is 11.7. The van der Waals surface area contributed by atoms with Gasteiger partial charge < -0.3 is 4.74 Å². The van der Waals surface area contributed by atoms with Crippen molar-refractivity contribution in [2.45, 2.75) is 44.4 Å². The van der Waals surface area contributed by atoms with Gasteiger partial charge in [-0.3, -0.25) is 9.78 Å². The summed E-state index contributed by atoms with van der Waals surface area (Å²) < 4.78 is 43.0. The number of esters is 1. The second-order valence-corrected chi connectivity index (χ2v) is 5.39. The Bertz CT molecular complexity index is 545. The lowest BCUT2D eigenvalue weighted by molar-refractivity contribution is -0.171. The number of rotatable bonds is 4. The van der Waals surface area contributed by atoms with Gasteiger partial charge in [0.25, 0.3) is 0 Å².